The van der Waals surface area contributed by atoms with E-state index in [9.17, 15) is 14.7 Å². The molecule has 0 spiro atoms. The monoisotopic (exact) mass is 439 g/mol. The van der Waals surface area contributed by atoms with Gasteiger partial charge in [-0.2, -0.15) is 0 Å². The first kappa shape index (κ1) is 22.3. The van der Waals surface area contributed by atoms with Crippen molar-refractivity contribution in [3.63, 3.8) is 0 Å². The molecule has 3 aromatic carbocycles. The van der Waals surface area contributed by atoms with Gasteiger partial charge in [-0.05, 0) is 41.5 Å². The number of anilines is 2. The second kappa shape index (κ2) is 10.6. The van der Waals surface area contributed by atoms with E-state index in [0.29, 0.717) is 16.9 Å². The van der Waals surface area contributed by atoms with Gasteiger partial charge < -0.3 is 20.9 Å². The van der Waals surface area contributed by atoms with Gasteiger partial charge in [0.05, 0.1) is 12.6 Å². The van der Waals surface area contributed by atoms with E-state index in [1.165, 1.54) is 18.2 Å². The average Bonchev–Trinajstić information content (AvgIpc) is 2.77. The van der Waals surface area contributed by atoms with Crippen molar-refractivity contribution in [2.45, 2.75) is 12.6 Å². The maximum Gasteiger partial charge on any atom is 0.411 e. The molecule has 3 aromatic rings. The number of nitrogens with two attached hydrogens (primary N) is 1. The lowest BCUT2D eigenvalue weighted by atomic mass is 10.1. The Bertz CT molecular complexity index is 1060. The molecule has 0 aliphatic rings. The van der Waals surface area contributed by atoms with E-state index in [1.807, 2.05) is 30.3 Å². The van der Waals surface area contributed by atoms with Crippen molar-refractivity contribution in [1.82, 2.24) is 0 Å². The van der Waals surface area contributed by atoms with Crippen LogP contribution in [-0.4, -0.2) is 23.7 Å². The number of aliphatic hydroxyl groups is 1. The largest absolute Gasteiger partial charge is 0.444 e. The third-order valence-corrected chi connectivity index (χ3v) is 4.61. The van der Waals surface area contributed by atoms with E-state index in [4.69, 9.17) is 22.1 Å². The SMILES string of the molecule is N[C@H](CO)c1cccc(NC(=O)c2cc(Cl)cc(NC(=O)OCc3ccccc3)c2)c1. The molecule has 0 saturated heterocycles. The zero-order valence-corrected chi connectivity index (χ0v) is 17.3. The van der Waals surface area contributed by atoms with Gasteiger partial charge in [0.15, 0.2) is 0 Å². The maximum absolute atomic E-state index is 12.7. The molecule has 1 atom stereocenters. The fraction of sp³-hybridized carbons (Fsp3) is 0.130. The Balaban J connectivity index is 1.66. The van der Waals surface area contributed by atoms with Crippen LogP contribution in [-0.2, 0) is 11.3 Å². The van der Waals surface area contributed by atoms with Crippen molar-refractivity contribution in [3.8, 4) is 0 Å². The number of benzene rings is 3. The molecule has 0 aliphatic heterocycles. The molecule has 31 heavy (non-hydrogen) atoms. The second-order valence-corrected chi connectivity index (χ2v) is 7.22. The van der Waals surface area contributed by atoms with Crippen LogP contribution < -0.4 is 16.4 Å². The van der Waals surface area contributed by atoms with Crippen LogP contribution in [0.3, 0.4) is 0 Å². The molecule has 0 bridgehead atoms. The summed E-state index contributed by atoms with van der Waals surface area (Å²) in [5.41, 5.74) is 8.46. The molecule has 3 rings (SSSR count). The van der Waals surface area contributed by atoms with E-state index < -0.39 is 18.0 Å². The van der Waals surface area contributed by atoms with E-state index in [2.05, 4.69) is 10.6 Å². The molecule has 0 aromatic heterocycles. The van der Waals surface area contributed by atoms with Crippen LogP contribution in [0.15, 0.2) is 72.8 Å². The molecule has 2 amide bonds. The predicted octanol–water partition coefficient (Wildman–Crippen LogP) is 4.33. The summed E-state index contributed by atoms with van der Waals surface area (Å²) in [5, 5.41) is 14.8. The summed E-state index contributed by atoms with van der Waals surface area (Å²) in [6.45, 7) is -0.0893. The highest BCUT2D eigenvalue weighted by atomic mass is 35.5. The molecule has 8 heteroatoms. The fourth-order valence-electron chi connectivity index (χ4n) is 2.83. The van der Waals surface area contributed by atoms with Crippen LogP contribution in [0.2, 0.25) is 5.02 Å². The molecular formula is C23H22ClN3O4. The summed E-state index contributed by atoms with van der Waals surface area (Å²) in [6, 6.07) is 20.1. The topological polar surface area (TPSA) is 114 Å². The summed E-state index contributed by atoms with van der Waals surface area (Å²) in [5.74, 6) is -0.419. The summed E-state index contributed by atoms with van der Waals surface area (Å²) in [7, 11) is 0. The number of hydrogen-bond donors (Lipinski definition) is 4. The van der Waals surface area contributed by atoms with Gasteiger partial charge in [0.1, 0.15) is 6.61 Å². The Labute approximate surface area is 184 Å². The highest BCUT2D eigenvalue weighted by Crippen LogP contribution is 2.22. The maximum atomic E-state index is 12.7. The fourth-order valence-corrected chi connectivity index (χ4v) is 3.06. The van der Waals surface area contributed by atoms with Crippen LogP contribution in [0.5, 0.6) is 0 Å². The molecular weight excluding hydrogens is 418 g/mol. The van der Waals surface area contributed by atoms with Crippen LogP contribution in [0.4, 0.5) is 16.2 Å². The lowest BCUT2D eigenvalue weighted by Gasteiger charge is -2.12. The number of aliphatic hydroxyl groups excluding tert-OH is 1. The van der Waals surface area contributed by atoms with Crippen LogP contribution in [0, 0.1) is 0 Å². The van der Waals surface area contributed by atoms with Crippen LogP contribution in [0.1, 0.15) is 27.5 Å². The Morgan fingerprint density at radius 3 is 2.48 bits per heavy atom. The van der Waals surface area contributed by atoms with Crippen molar-refractivity contribution < 1.29 is 19.4 Å². The smallest absolute Gasteiger partial charge is 0.411 e. The third-order valence-electron chi connectivity index (χ3n) is 4.39. The first-order chi connectivity index (χ1) is 14.9. The molecule has 0 saturated carbocycles. The Morgan fingerprint density at radius 2 is 1.74 bits per heavy atom. The molecule has 0 heterocycles. The summed E-state index contributed by atoms with van der Waals surface area (Å²) in [4.78, 5) is 24.8. The van der Waals surface area contributed by atoms with Gasteiger partial charge >= 0.3 is 6.09 Å². The van der Waals surface area contributed by atoms with E-state index in [1.54, 1.807) is 24.3 Å². The highest BCUT2D eigenvalue weighted by Gasteiger charge is 2.12. The minimum Gasteiger partial charge on any atom is -0.444 e. The number of carbonyl (C=O) groups is 2. The van der Waals surface area contributed by atoms with E-state index >= 15 is 0 Å². The molecule has 5 N–H and O–H groups in total. The minimum absolute atomic E-state index is 0.118. The number of ether oxygens (including phenoxy) is 1. The zero-order valence-electron chi connectivity index (χ0n) is 16.5. The van der Waals surface area contributed by atoms with Gasteiger partial charge in [-0.25, -0.2) is 4.79 Å². The van der Waals surface area contributed by atoms with E-state index in [-0.39, 0.29) is 23.8 Å². The van der Waals surface area contributed by atoms with Crippen LogP contribution >= 0.6 is 11.6 Å². The Kier molecular flexibility index (Phi) is 7.61. The number of hydrogen-bond acceptors (Lipinski definition) is 5. The first-order valence-electron chi connectivity index (χ1n) is 9.50. The number of carbonyl (C=O) groups excluding carboxylic acids is 2. The number of rotatable bonds is 7. The molecule has 0 unspecified atom stereocenters. The van der Waals surface area contributed by atoms with Gasteiger partial charge in [-0.1, -0.05) is 54.1 Å². The summed E-state index contributed by atoms with van der Waals surface area (Å²) < 4.78 is 5.19. The third kappa shape index (κ3) is 6.55. The molecule has 0 radical (unpaired) electrons. The predicted molar refractivity (Wildman–Crippen MR) is 120 cm³/mol. The highest BCUT2D eigenvalue weighted by molar-refractivity contribution is 6.31. The van der Waals surface area contributed by atoms with Gasteiger partial charge in [-0.3, -0.25) is 10.1 Å². The van der Waals surface area contributed by atoms with Gasteiger partial charge in [0.25, 0.3) is 5.91 Å². The van der Waals surface area contributed by atoms with Gasteiger partial charge in [0, 0.05) is 22.0 Å². The number of halogens is 1. The quantitative estimate of drug-likeness (QED) is 0.437. The lowest BCUT2D eigenvalue weighted by Crippen LogP contribution is -2.17. The Hall–Kier alpha value is -3.39. The zero-order chi connectivity index (χ0) is 22.2. The number of amides is 2. The van der Waals surface area contributed by atoms with Crippen LogP contribution in [0.25, 0.3) is 0 Å². The summed E-state index contributed by atoms with van der Waals surface area (Å²) >= 11 is 6.12. The molecule has 160 valence electrons. The van der Waals surface area contributed by atoms with Gasteiger partial charge in [0.2, 0.25) is 0 Å². The molecule has 0 aliphatic carbocycles. The van der Waals surface area contributed by atoms with Crippen molar-refractivity contribution in [1.29, 1.82) is 0 Å². The van der Waals surface area contributed by atoms with Gasteiger partial charge in [-0.15, -0.1) is 0 Å². The molecule has 0 fully saturated rings. The van der Waals surface area contributed by atoms with E-state index in [0.717, 1.165) is 5.56 Å². The first-order valence-corrected chi connectivity index (χ1v) is 9.88. The van der Waals surface area contributed by atoms with Crippen molar-refractivity contribution in [2.75, 3.05) is 17.2 Å². The van der Waals surface area contributed by atoms with Crippen molar-refractivity contribution >= 4 is 35.0 Å². The minimum atomic E-state index is -0.664. The summed E-state index contributed by atoms with van der Waals surface area (Å²) in [6.07, 6.45) is -0.664. The van der Waals surface area contributed by atoms with Crippen molar-refractivity contribution in [2.24, 2.45) is 5.73 Å². The normalized spacial score (nSPS) is 11.5. The average molecular weight is 440 g/mol. The second-order valence-electron chi connectivity index (χ2n) is 6.78. The number of nitrogens with one attached hydrogen (secondary N) is 2. The molecule has 7 nitrogen and oxygen atoms in total. The van der Waals surface area contributed by atoms with Crippen molar-refractivity contribution in [3.05, 3.63) is 94.5 Å². The lowest BCUT2D eigenvalue weighted by molar-refractivity contribution is 0.102. The standard InChI is InChI=1S/C23H22ClN3O4/c24-18-9-17(22(29)26-19-8-4-7-16(10-19)21(25)13-28)11-20(12-18)27-23(30)31-14-15-5-2-1-3-6-15/h1-12,21,28H,13-14,25H2,(H,26,29)(H,27,30)/t21-/m1/s1. The Morgan fingerprint density at radius 1 is 0.968 bits per heavy atom.